The quantitative estimate of drug-likeness (QED) is 0.252. The van der Waals surface area contributed by atoms with Gasteiger partial charge >= 0.3 is 5.97 Å². The molecule has 2 rings (SSSR count). The second-order valence-electron chi connectivity index (χ2n) is 5.87. The maximum atomic E-state index is 12.3. The molecule has 2 aromatic rings. The molecule has 0 aliphatic rings. The molecule has 30 heavy (non-hydrogen) atoms. The molecule has 0 fully saturated rings. The van der Waals surface area contributed by atoms with Gasteiger partial charge in [-0.2, -0.15) is 5.10 Å². The van der Waals surface area contributed by atoms with E-state index in [-0.39, 0.29) is 11.3 Å². The number of hydrazone groups is 1. The number of phenolic OH excluding ortho intramolecular Hbond substituents is 1. The van der Waals surface area contributed by atoms with Crippen molar-refractivity contribution in [2.24, 2.45) is 5.10 Å². The Morgan fingerprint density at radius 2 is 1.90 bits per heavy atom. The van der Waals surface area contributed by atoms with Gasteiger partial charge in [0.1, 0.15) is 5.75 Å². The first-order valence-electron chi connectivity index (χ1n) is 8.44. The molecule has 0 unspecified atom stereocenters. The van der Waals surface area contributed by atoms with Crippen LogP contribution in [-0.2, 0) is 11.2 Å². The van der Waals surface area contributed by atoms with Gasteiger partial charge in [0.05, 0.1) is 22.3 Å². The molecule has 0 radical (unpaired) electrons. The molecule has 0 saturated heterocycles. The standard InChI is InChI=1S/C20H18Br2N2O6/c1-3-4-12-5-11(6-16(29-2)19(12)30-10-17(25)26)9-23-24-20(28)13-7-14(21)18(27)15(22)8-13/h3,5-9,27H,1,4,10H2,2H3,(H,24,28)(H,25,26)/b23-9-. The number of benzene rings is 2. The Labute approximate surface area is 189 Å². The van der Waals surface area contributed by atoms with E-state index in [1.165, 1.54) is 25.5 Å². The van der Waals surface area contributed by atoms with Crippen molar-refractivity contribution in [1.29, 1.82) is 0 Å². The number of carbonyl (C=O) groups is 2. The van der Waals surface area contributed by atoms with Crippen LogP contribution >= 0.6 is 31.9 Å². The van der Waals surface area contributed by atoms with Gasteiger partial charge in [0.15, 0.2) is 18.1 Å². The van der Waals surface area contributed by atoms with E-state index in [1.54, 1.807) is 18.2 Å². The second-order valence-corrected chi connectivity index (χ2v) is 7.58. The van der Waals surface area contributed by atoms with Gasteiger partial charge in [-0.3, -0.25) is 4.79 Å². The number of carbonyl (C=O) groups excluding carboxylic acids is 1. The molecule has 158 valence electrons. The SMILES string of the molecule is C=CCc1cc(/C=N\NC(=O)c2cc(Br)c(O)c(Br)c2)cc(OC)c1OCC(=O)O. The van der Waals surface area contributed by atoms with E-state index >= 15 is 0 Å². The lowest BCUT2D eigenvalue weighted by Gasteiger charge is -2.14. The summed E-state index contributed by atoms with van der Waals surface area (Å²) >= 11 is 6.34. The van der Waals surface area contributed by atoms with Gasteiger partial charge in [-0.15, -0.1) is 6.58 Å². The molecule has 10 heteroatoms. The van der Waals surface area contributed by atoms with E-state index in [0.29, 0.717) is 38.0 Å². The minimum Gasteiger partial charge on any atom is -0.506 e. The number of hydrogen-bond acceptors (Lipinski definition) is 6. The molecular weight excluding hydrogens is 524 g/mol. The number of aliphatic carboxylic acids is 1. The Hall–Kier alpha value is -2.85. The van der Waals surface area contributed by atoms with Crippen molar-refractivity contribution >= 4 is 50.0 Å². The number of methoxy groups -OCH3 is 1. The minimum absolute atomic E-state index is 0.0119. The number of carboxylic acids is 1. The number of rotatable bonds is 9. The van der Waals surface area contributed by atoms with Crippen molar-refractivity contribution in [2.45, 2.75) is 6.42 Å². The monoisotopic (exact) mass is 540 g/mol. The number of ether oxygens (including phenoxy) is 2. The number of nitrogens with zero attached hydrogens (tertiary/aromatic N) is 1. The van der Waals surface area contributed by atoms with E-state index in [1.807, 2.05) is 0 Å². The molecular formula is C20H18Br2N2O6. The van der Waals surface area contributed by atoms with Gasteiger partial charge in [-0.05, 0) is 68.1 Å². The van der Waals surface area contributed by atoms with Crippen LogP contribution in [0.4, 0.5) is 0 Å². The maximum absolute atomic E-state index is 12.3. The Balaban J connectivity index is 2.23. The number of amides is 1. The van der Waals surface area contributed by atoms with Crippen LogP contribution in [0.3, 0.4) is 0 Å². The fourth-order valence-corrected chi connectivity index (χ4v) is 3.63. The molecule has 2 aromatic carbocycles. The van der Waals surface area contributed by atoms with Crippen LogP contribution < -0.4 is 14.9 Å². The highest BCUT2D eigenvalue weighted by molar-refractivity contribution is 9.11. The topological polar surface area (TPSA) is 117 Å². The van der Waals surface area contributed by atoms with E-state index < -0.39 is 18.5 Å². The van der Waals surface area contributed by atoms with Gasteiger partial charge < -0.3 is 19.7 Å². The summed E-state index contributed by atoms with van der Waals surface area (Å²) in [4.78, 5) is 23.1. The fourth-order valence-electron chi connectivity index (χ4n) is 2.44. The average Bonchev–Trinajstić information content (AvgIpc) is 2.70. The second kappa shape index (κ2) is 10.8. The summed E-state index contributed by atoms with van der Waals surface area (Å²) in [5.74, 6) is -0.966. The number of halogens is 2. The van der Waals surface area contributed by atoms with Crippen LogP contribution in [-0.4, -0.2) is 42.0 Å². The Morgan fingerprint density at radius 1 is 1.23 bits per heavy atom. The van der Waals surface area contributed by atoms with E-state index in [4.69, 9.17) is 14.6 Å². The molecule has 0 aromatic heterocycles. The zero-order chi connectivity index (χ0) is 22.3. The van der Waals surface area contributed by atoms with Gasteiger partial charge in [-0.25, -0.2) is 10.2 Å². The van der Waals surface area contributed by atoms with Gasteiger partial charge in [0, 0.05) is 11.1 Å². The minimum atomic E-state index is -1.11. The molecule has 0 aliphatic carbocycles. The lowest BCUT2D eigenvalue weighted by molar-refractivity contribution is -0.139. The van der Waals surface area contributed by atoms with Crippen LogP contribution in [0.15, 0.2) is 51.0 Å². The number of aromatic hydroxyl groups is 1. The van der Waals surface area contributed by atoms with Gasteiger partial charge in [0.25, 0.3) is 5.91 Å². The zero-order valence-electron chi connectivity index (χ0n) is 15.8. The Kier molecular flexibility index (Phi) is 8.43. The first kappa shape index (κ1) is 23.4. The maximum Gasteiger partial charge on any atom is 0.341 e. The zero-order valence-corrected chi connectivity index (χ0v) is 19.0. The average molecular weight is 542 g/mol. The van der Waals surface area contributed by atoms with Crippen molar-refractivity contribution in [3.63, 3.8) is 0 Å². The van der Waals surface area contributed by atoms with Crippen molar-refractivity contribution in [3.05, 3.63) is 62.6 Å². The largest absolute Gasteiger partial charge is 0.506 e. The molecule has 0 heterocycles. The summed E-state index contributed by atoms with van der Waals surface area (Å²) in [5.41, 5.74) is 3.94. The first-order chi connectivity index (χ1) is 14.3. The van der Waals surface area contributed by atoms with Crippen LogP contribution in [0.1, 0.15) is 21.5 Å². The summed E-state index contributed by atoms with van der Waals surface area (Å²) in [7, 11) is 1.43. The molecule has 0 bridgehead atoms. The van der Waals surface area contributed by atoms with Crippen molar-refractivity contribution < 1.29 is 29.3 Å². The van der Waals surface area contributed by atoms with Crippen LogP contribution in [0.25, 0.3) is 0 Å². The van der Waals surface area contributed by atoms with Crippen LogP contribution in [0.5, 0.6) is 17.2 Å². The predicted molar refractivity (Wildman–Crippen MR) is 119 cm³/mol. The third-order valence-corrected chi connectivity index (χ3v) is 4.95. The molecule has 8 nitrogen and oxygen atoms in total. The number of carboxylic acid groups (broad SMARTS) is 1. The third kappa shape index (κ3) is 6.07. The summed E-state index contributed by atoms with van der Waals surface area (Å²) in [6, 6.07) is 6.26. The molecule has 1 amide bonds. The number of allylic oxidation sites excluding steroid dienone is 1. The summed E-state index contributed by atoms with van der Waals surface area (Å²) in [5, 5.41) is 22.5. The van der Waals surface area contributed by atoms with E-state index in [0.717, 1.165) is 0 Å². The molecule has 0 spiro atoms. The van der Waals surface area contributed by atoms with Crippen molar-refractivity contribution in [1.82, 2.24) is 5.43 Å². The fraction of sp³-hybridized carbons (Fsp3) is 0.150. The smallest absolute Gasteiger partial charge is 0.341 e. The molecule has 0 aliphatic heterocycles. The molecule has 0 atom stereocenters. The highest BCUT2D eigenvalue weighted by atomic mass is 79.9. The summed E-state index contributed by atoms with van der Waals surface area (Å²) in [6.07, 6.45) is 3.47. The summed E-state index contributed by atoms with van der Waals surface area (Å²) < 4.78 is 11.4. The lowest BCUT2D eigenvalue weighted by Crippen LogP contribution is -2.17. The Bertz CT molecular complexity index is 984. The third-order valence-electron chi connectivity index (χ3n) is 3.74. The van der Waals surface area contributed by atoms with Gasteiger partial charge in [-0.1, -0.05) is 6.08 Å². The predicted octanol–water partition coefficient (Wildman–Crippen LogP) is 3.88. The summed E-state index contributed by atoms with van der Waals surface area (Å²) in [6.45, 7) is 3.18. The first-order valence-corrected chi connectivity index (χ1v) is 10.0. The van der Waals surface area contributed by atoms with Crippen molar-refractivity contribution in [3.8, 4) is 17.2 Å². The number of phenols is 1. The van der Waals surface area contributed by atoms with E-state index in [9.17, 15) is 14.7 Å². The Morgan fingerprint density at radius 3 is 2.47 bits per heavy atom. The van der Waals surface area contributed by atoms with Crippen LogP contribution in [0, 0.1) is 0 Å². The van der Waals surface area contributed by atoms with Crippen molar-refractivity contribution in [2.75, 3.05) is 13.7 Å². The van der Waals surface area contributed by atoms with Gasteiger partial charge in [0.2, 0.25) is 0 Å². The number of hydrogen-bond donors (Lipinski definition) is 3. The van der Waals surface area contributed by atoms with Crippen LogP contribution in [0.2, 0.25) is 0 Å². The highest BCUT2D eigenvalue weighted by Crippen LogP contribution is 2.34. The molecule has 0 saturated carbocycles. The lowest BCUT2D eigenvalue weighted by atomic mass is 10.1. The van der Waals surface area contributed by atoms with E-state index in [2.05, 4.69) is 49.0 Å². The molecule has 3 N–H and O–H groups in total. The highest BCUT2D eigenvalue weighted by Gasteiger charge is 2.14. The number of nitrogens with one attached hydrogen (secondary N) is 1. The normalized spacial score (nSPS) is 10.6.